The first kappa shape index (κ1) is 13.2. The summed E-state index contributed by atoms with van der Waals surface area (Å²) in [6.45, 7) is 3.54. The van der Waals surface area contributed by atoms with Gasteiger partial charge < -0.3 is 9.64 Å². The van der Waals surface area contributed by atoms with Crippen molar-refractivity contribution in [2.45, 2.75) is 13.0 Å². The SMILES string of the molecule is Cc1ccnc([C@H]2CN(C(=O)c3ccsc3)CCO2)n1. The molecule has 104 valence electrons. The van der Waals surface area contributed by atoms with E-state index in [1.165, 1.54) is 11.3 Å². The number of aromatic nitrogens is 2. The molecule has 0 unspecified atom stereocenters. The highest BCUT2D eigenvalue weighted by Crippen LogP contribution is 2.21. The number of hydrogen-bond donors (Lipinski definition) is 0. The third-order valence-electron chi connectivity index (χ3n) is 3.22. The number of carbonyl (C=O) groups excluding carboxylic acids is 1. The summed E-state index contributed by atoms with van der Waals surface area (Å²) in [5, 5.41) is 3.78. The molecule has 6 heteroatoms. The minimum Gasteiger partial charge on any atom is -0.367 e. The Balaban J connectivity index is 1.75. The van der Waals surface area contributed by atoms with Crippen molar-refractivity contribution in [2.75, 3.05) is 19.7 Å². The lowest BCUT2D eigenvalue weighted by atomic mass is 10.2. The van der Waals surface area contributed by atoms with E-state index < -0.39 is 0 Å². The van der Waals surface area contributed by atoms with E-state index in [-0.39, 0.29) is 12.0 Å². The predicted octanol–water partition coefficient (Wildman–Crippen LogP) is 2.06. The fourth-order valence-electron chi connectivity index (χ4n) is 2.18. The van der Waals surface area contributed by atoms with Gasteiger partial charge in [0.1, 0.15) is 6.10 Å². The first-order valence-electron chi connectivity index (χ1n) is 6.46. The second-order valence-electron chi connectivity index (χ2n) is 4.68. The van der Waals surface area contributed by atoms with Crippen LogP contribution in [0.1, 0.15) is 28.0 Å². The van der Waals surface area contributed by atoms with Gasteiger partial charge in [-0.15, -0.1) is 0 Å². The molecule has 0 saturated carbocycles. The van der Waals surface area contributed by atoms with Crippen LogP contribution in [0.25, 0.3) is 0 Å². The van der Waals surface area contributed by atoms with Gasteiger partial charge in [-0.2, -0.15) is 11.3 Å². The molecule has 1 aliphatic heterocycles. The van der Waals surface area contributed by atoms with Crippen LogP contribution in [0.2, 0.25) is 0 Å². The van der Waals surface area contributed by atoms with Crippen molar-refractivity contribution in [3.63, 3.8) is 0 Å². The van der Waals surface area contributed by atoms with Gasteiger partial charge in [0.2, 0.25) is 0 Å². The van der Waals surface area contributed by atoms with Crippen LogP contribution in [-0.2, 0) is 4.74 Å². The summed E-state index contributed by atoms with van der Waals surface area (Å²) in [6.07, 6.45) is 1.48. The molecule has 1 amide bonds. The van der Waals surface area contributed by atoms with Crippen LogP contribution in [0.5, 0.6) is 0 Å². The molecule has 0 bridgehead atoms. The van der Waals surface area contributed by atoms with E-state index in [1.54, 1.807) is 6.20 Å². The van der Waals surface area contributed by atoms with Gasteiger partial charge in [0.05, 0.1) is 18.7 Å². The Morgan fingerprint density at radius 3 is 3.15 bits per heavy atom. The van der Waals surface area contributed by atoms with Crippen LogP contribution >= 0.6 is 11.3 Å². The molecule has 2 aromatic heterocycles. The van der Waals surface area contributed by atoms with Gasteiger partial charge in [-0.05, 0) is 24.4 Å². The van der Waals surface area contributed by atoms with Crippen LogP contribution in [0.3, 0.4) is 0 Å². The number of aryl methyl sites for hydroxylation is 1. The Morgan fingerprint density at radius 2 is 2.40 bits per heavy atom. The highest BCUT2D eigenvalue weighted by molar-refractivity contribution is 7.08. The molecule has 1 aliphatic rings. The van der Waals surface area contributed by atoms with E-state index in [1.807, 2.05) is 34.7 Å². The standard InChI is InChI=1S/C14H15N3O2S/c1-10-2-4-15-13(16-10)12-8-17(5-6-19-12)14(18)11-3-7-20-9-11/h2-4,7,9,12H,5-6,8H2,1H3/t12-/m1/s1. The monoisotopic (exact) mass is 289 g/mol. The predicted molar refractivity (Wildman–Crippen MR) is 75.7 cm³/mol. The van der Waals surface area contributed by atoms with Crippen LogP contribution in [0, 0.1) is 6.92 Å². The van der Waals surface area contributed by atoms with Gasteiger partial charge >= 0.3 is 0 Å². The molecule has 5 nitrogen and oxygen atoms in total. The van der Waals surface area contributed by atoms with Crippen molar-refractivity contribution in [1.82, 2.24) is 14.9 Å². The second kappa shape index (κ2) is 5.68. The second-order valence-corrected chi connectivity index (χ2v) is 5.46. The Labute approximate surface area is 121 Å². The largest absolute Gasteiger partial charge is 0.367 e. The van der Waals surface area contributed by atoms with Crippen molar-refractivity contribution in [3.05, 3.63) is 46.2 Å². The maximum atomic E-state index is 12.3. The lowest BCUT2D eigenvalue weighted by Crippen LogP contribution is -2.42. The van der Waals surface area contributed by atoms with Gasteiger partial charge in [-0.1, -0.05) is 0 Å². The van der Waals surface area contributed by atoms with Crippen molar-refractivity contribution < 1.29 is 9.53 Å². The van der Waals surface area contributed by atoms with E-state index in [4.69, 9.17) is 4.74 Å². The highest BCUT2D eigenvalue weighted by atomic mass is 32.1. The summed E-state index contributed by atoms with van der Waals surface area (Å²) in [7, 11) is 0. The molecule has 0 N–H and O–H groups in total. The molecule has 3 heterocycles. The number of rotatable bonds is 2. The maximum Gasteiger partial charge on any atom is 0.254 e. The third kappa shape index (κ3) is 2.71. The van der Waals surface area contributed by atoms with Crippen molar-refractivity contribution in [3.8, 4) is 0 Å². The van der Waals surface area contributed by atoms with Crippen molar-refractivity contribution in [1.29, 1.82) is 0 Å². The zero-order valence-corrected chi connectivity index (χ0v) is 12.0. The molecule has 2 aromatic rings. The van der Waals surface area contributed by atoms with Gasteiger partial charge in [0.15, 0.2) is 5.82 Å². The minimum atomic E-state index is -0.244. The molecule has 1 fully saturated rings. The highest BCUT2D eigenvalue weighted by Gasteiger charge is 2.27. The summed E-state index contributed by atoms with van der Waals surface area (Å²) in [5.41, 5.74) is 1.64. The van der Waals surface area contributed by atoms with Crippen LogP contribution in [0.15, 0.2) is 29.1 Å². The van der Waals surface area contributed by atoms with Gasteiger partial charge in [0, 0.05) is 23.8 Å². The number of thiophene rings is 1. The molecule has 0 spiro atoms. The normalized spacial score (nSPS) is 19.1. The number of morpholine rings is 1. The van der Waals surface area contributed by atoms with Gasteiger partial charge in [-0.3, -0.25) is 4.79 Å². The number of hydrogen-bond acceptors (Lipinski definition) is 5. The Bertz CT molecular complexity index is 600. The summed E-state index contributed by atoms with van der Waals surface area (Å²) >= 11 is 1.53. The molecule has 3 rings (SSSR count). The van der Waals surface area contributed by atoms with Crippen LogP contribution in [-0.4, -0.2) is 40.5 Å². The zero-order valence-electron chi connectivity index (χ0n) is 11.2. The van der Waals surface area contributed by atoms with E-state index in [2.05, 4.69) is 9.97 Å². The minimum absolute atomic E-state index is 0.0483. The number of amides is 1. The smallest absolute Gasteiger partial charge is 0.254 e. The van der Waals surface area contributed by atoms with Gasteiger partial charge in [0.25, 0.3) is 5.91 Å². The molecular weight excluding hydrogens is 274 g/mol. The molecule has 20 heavy (non-hydrogen) atoms. The molecule has 0 aromatic carbocycles. The lowest BCUT2D eigenvalue weighted by molar-refractivity contribution is -0.0268. The van der Waals surface area contributed by atoms with Crippen LogP contribution < -0.4 is 0 Å². The van der Waals surface area contributed by atoms with E-state index in [9.17, 15) is 4.79 Å². The lowest BCUT2D eigenvalue weighted by Gasteiger charge is -2.32. The van der Waals surface area contributed by atoms with Crippen molar-refractivity contribution >= 4 is 17.2 Å². The fraction of sp³-hybridized carbons (Fsp3) is 0.357. The summed E-state index contributed by atoms with van der Waals surface area (Å²) < 4.78 is 5.70. The number of carbonyl (C=O) groups is 1. The zero-order chi connectivity index (χ0) is 13.9. The Kier molecular flexibility index (Phi) is 3.75. The fourth-order valence-corrected chi connectivity index (χ4v) is 2.81. The molecule has 0 aliphatic carbocycles. The van der Waals surface area contributed by atoms with Gasteiger partial charge in [-0.25, -0.2) is 9.97 Å². The average molecular weight is 289 g/mol. The Morgan fingerprint density at radius 1 is 1.50 bits per heavy atom. The maximum absolute atomic E-state index is 12.3. The van der Waals surface area contributed by atoms with Crippen LogP contribution in [0.4, 0.5) is 0 Å². The third-order valence-corrected chi connectivity index (χ3v) is 3.91. The number of ether oxygens (including phenoxy) is 1. The summed E-state index contributed by atoms with van der Waals surface area (Å²) in [6, 6.07) is 3.70. The van der Waals surface area contributed by atoms with E-state index in [0.717, 1.165) is 11.3 Å². The molecule has 0 radical (unpaired) electrons. The molecular formula is C14H15N3O2S. The molecule has 1 saturated heterocycles. The number of nitrogens with zero attached hydrogens (tertiary/aromatic N) is 3. The summed E-state index contributed by atoms with van der Waals surface area (Å²) in [4.78, 5) is 22.8. The summed E-state index contributed by atoms with van der Waals surface area (Å²) in [5.74, 6) is 0.694. The van der Waals surface area contributed by atoms with E-state index >= 15 is 0 Å². The topological polar surface area (TPSA) is 55.3 Å². The molecule has 1 atom stereocenters. The van der Waals surface area contributed by atoms with E-state index in [0.29, 0.717) is 25.5 Å². The average Bonchev–Trinajstić information content (AvgIpc) is 3.01. The first-order valence-corrected chi connectivity index (χ1v) is 7.41. The van der Waals surface area contributed by atoms with Crippen molar-refractivity contribution in [2.24, 2.45) is 0 Å². The first-order chi connectivity index (χ1) is 9.74. The quantitative estimate of drug-likeness (QED) is 0.849. The Hall–Kier alpha value is -1.79.